The maximum atomic E-state index is 11.6. The second kappa shape index (κ2) is 7.88. The number of carbonyl (C=O) groups is 3. The van der Waals surface area contributed by atoms with Gasteiger partial charge in [-0.3, -0.25) is 14.4 Å². The standard InChI is InChI=1S/C14H19N3O4/c1-9(2)13(14(15)20)17-12(19)8-16-11(18)6-5-10-4-3-7-21-10/h3-7,9,13H,8H2,1-2H3,(H2,15,20)(H,16,18)(H,17,19)/t13-/m0/s1. The van der Waals surface area contributed by atoms with Crippen molar-refractivity contribution in [3.05, 3.63) is 30.2 Å². The van der Waals surface area contributed by atoms with Crippen LogP contribution in [0.5, 0.6) is 0 Å². The highest BCUT2D eigenvalue weighted by atomic mass is 16.3. The van der Waals surface area contributed by atoms with Crippen molar-refractivity contribution in [1.82, 2.24) is 10.6 Å². The molecule has 1 heterocycles. The largest absolute Gasteiger partial charge is 0.465 e. The van der Waals surface area contributed by atoms with E-state index in [0.717, 1.165) is 0 Å². The molecule has 4 N–H and O–H groups in total. The molecule has 7 nitrogen and oxygen atoms in total. The molecule has 0 saturated heterocycles. The Hall–Kier alpha value is -2.57. The summed E-state index contributed by atoms with van der Waals surface area (Å²) in [4.78, 5) is 34.3. The number of nitrogens with two attached hydrogens (primary N) is 1. The molecule has 21 heavy (non-hydrogen) atoms. The Balaban J connectivity index is 2.38. The third kappa shape index (κ3) is 5.94. The van der Waals surface area contributed by atoms with E-state index in [4.69, 9.17) is 10.2 Å². The normalized spacial score (nSPS) is 12.3. The Bertz CT molecular complexity index is 520. The Morgan fingerprint density at radius 3 is 2.62 bits per heavy atom. The highest BCUT2D eigenvalue weighted by molar-refractivity contribution is 5.94. The maximum absolute atomic E-state index is 11.6. The number of nitrogens with one attached hydrogen (secondary N) is 2. The van der Waals surface area contributed by atoms with Crippen LogP contribution in [0.25, 0.3) is 6.08 Å². The molecule has 1 rings (SSSR count). The number of primary amides is 1. The van der Waals surface area contributed by atoms with Gasteiger partial charge in [-0.15, -0.1) is 0 Å². The lowest BCUT2D eigenvalue weighted by Crippen LogP contribution is -2.50. The molecule has 0 bridgehead atoms. The zero-order chi connectivity index (χ0) is 15.8. The van der Waals surface area contributed by atoms with Crippen molar-refractivity contribution in [3.63, 3.8) is 0 Å². The van der Waals surface area contributed by atoms with E-state index in [1.54, 1.807) is 26.0 Å². The summed E-state index contributed by atoms with van der Waals surface area (Å²) in [6.07, 6.45) is 4.22. The van der Waals surface area contributed by atoms with Crippen molar-refractivity contribution >= 4 is 23.8 Å². The van der Waals surface area contributed by atoms with E-state index in [2.05, 4.69) is 10.6 Å². The van der Waals surface area contributed by atoms with E-state index in [1.807, 2.05) is 0 Å². The molecule has 1 atom stereocenters. The molecule has 114 valence electrons. The first kappa shape index (κ1) is 16.5. The predicted molar refractivity (Wildman–Crippen MR) is 76.7 cm³/mol. The van der Waals surface area contributed by atoms with Gasteiger partial charge in [0.15, 0.2) is 0 Å². The van der Waals surface area contributed by atoms with Crippen LogP contribution in [0.15, 0.2) is 28.9 Å². The molecule has 0 saturated carbocycles. The molecule has 1 aromatic heterocycles. The van der Waals surface area contributed by atoms with Crippen molar-refractivity contribution in [2.45, 2.75) is 19.9 Å². The first-order chi connectivity index (χ1) is 9.90. The minimum Gasteiger partial charge on any atom is -0.465 e. The first-order valence-electron chi connectivity index (χ1n) is 6.48. The second-order valence-corrected chi connectivity index (χ2v) is 4.76. The van der Waals surface area contributed by atoms with Crippen molar-refractivity contribution in [2.75, 3.05) is 6.54 Å². The summed E-state index contributed by atoms with van der Waals surface area (Å²) in [5.74, 6) is -1.12. The number of carbonyl (C=O) groups excluding carboxylic acids is 3. The van der Waals surface area contributed by atoms with E-state index >= 15 is 0 Å². The van der Waals surface area contributed by atoms with Crippen LogP contribution in [0.1, 0.15) is 19.6 Å². The van der Waals surface area contributed by atoms with Crippen molar-refractivity contribution in [3.8, 4) is 0 Å². The van der Waals surface area contributed by atoms with Gasteiger partial charge in [0.05, 0.1) is 12.8 Å². The summed E-state index contributed by atoms with van der Waals surface area (Å²) in [6, 6.07) is 2.63. The highest BCUT2D eigenvalue weighted by Crippen LogP contribution is 2.02. The summed E-state index contributed by atoms with van der Waals surface area (Å²) in [6.45, 7) is 3.29. The monoisotopic (exact) mass is 293 g/mol. The van der Waals surface area contributed by atoms with Gasteiger partial charge < -0.3 is 20.8 Å². The summed E-state index contributed by atoms with van der Waals surface area (Å²) in [5.41, 5.74) is 5.18. The van der Waals surface area contributed by atoms with Crippen molar-refractivity contribution in [2.24, 2.45) is 11.7 Å². The van der Waals surface area contributed by atoms with Gasteiger partial charge in [-0.25, -0.2) is 0 Å². The van der Waals surface area contributed by atoms with Crippen LogP contribution in [0.4, 0.5) is 0 Å². The topological polar surface area (TPSA) is 114 Å². The maximum Gasteiger partial charge on any atom is 0.244 e. The molecule has 1 aromatic rings. The van der Waals surface area contributed by atoms with Gasteiger partial charge in [0.1, 0.15) is 11.8 Å². The van der Waals surface area contributed by atoms with Gasteiger partial charge in [0, 0.05) is 6.08 Å². The molecule has 7 heteroatoms. The molecule has 3 amide bonds. The van der Waals surface area contributed by atoms with Crippen molar-refractivity contribution in [1.29, 1.82) is 0 Å². The van der Waals surface area contributed by atoms with Gasteiger partial charge >= 0.3 is 0 Å². The Kier molecular flexibility index (Phi) is 6.19. The van der Waals surface area contributed by atoms with Crippen LogP contribution in [-0.4, -0.2) is 30.3 Å². The average molecular weight is 293 g/mol. The van der Waals surface area contributed by atoms with Crippen LogP contribution in [0.2, 0.25) is 0 Å². The van der Waals surface area contributed by atoms with Crippen LogP contribution >= 0.6 is 0 Å². The molecule has 0 radical (unpaired) electrons. The van der Waals surface area contributed by atoms with Crippen LogP contribution in [0, 0.1) is 5.92 Å². The minimum absolute atomic E-state index is 0.124. The van der Waals surface area contributed by atoms with Crippen molar-refractivity contribution < 1.29 is 18.8 Å². The second-order valence-electron chi connectivity index (χ2n) is 4.76. The molecule has 0 aliphatic heterocycles. The zero-order valence-corrected chi connectivity index (χ0v) is 12.0. The number of hydrogen-bond donors (Lipinski definition) is 3. The average Bonchev–Trinajstić information content (AvgIpc) is 2.92. The van der Waals surface area contributed by atoms with E-state index in [0.29, 0.717) is 5.76 Å². The zero-order valence-electron chi connectivity index (χ0n) is 12.0. The number of amides is 3. The fourth-order valence-corrected chi connectivity index (χ4v) is 1.56. The third-order valence-electron chi connectivity index (χ3n) is 2.66. The fourth-order valence-electron chi connectivity index (χ4n) is 1.56. The predicted octanol–water partition coefficient (Wildman–Crippen LogP) is 0.0351. The summed E-state index contributed by atoms with van der Waals surface area (Å²) >= 11 is 0. The van der Waals surface area contributed by atoms with E-state index in [9.17, 15) is 14.4 Å². The number of furan rings is 1. The third-order valence-corrected chi connectivity index (χ3v) is 2.66. The molecule has 0 aliphatic carbocycles. The molecule has 0 aromatic carbocycles. The first-order valence-corrected chi connectivity index (χ1v) is 6.48. The molecular weight excluding hydrogens is 274 g/mol. The smallest absolute Gasteiger partial charge is 0.244 e. The van der Waals surface area contributed by atoms with E-state index in [1.165, 1.54) is 18.4 Å². The fraction of sp³-hybridized carbons (Fsp3) is 0.357. The SMILES string of the molecule is CC(C)[C@H](NC(=O)CNC(=O)C=Cc1ccco1)C(N)=O. The quantitative estimate of drug-likeness (QED) is 0.615. The van der Waals surface area contributed by atoms with E-state index in [-0.39, 0.29) is 12.5 Å². The van der Waals surface area contributed by atoms with Gasteiger partial charge in [-0.05, 0) is 24.1 Å². The lowest BCUT2D eigenvalue weighted by molar-refractivity contribution is -0.128. The van der Waals surface area contributed by atoms with Crippen LogP contribution in [0.3, 0.4) is 0 Å². The number of rotatable bonds is 7. The molecule has 0 fully saturated rings. The Morgan fingerprint density at radius 1 is 1.38 bits per heavy atom. The van der Waals surface area contributed by atoms with Crippen LogP contribution in [-0.2, 0) is 14.4 Å². The summed E-state index contributed by atoms with van der Waals surface area (Å²) in [5, 5.41) is 4.87. The van der Waals surface area contributed by atoms with Gasteiger partial charge in [-0.1, -0.05) is 13.8 Å². The number of hydrogen-bond acceptors (Lipinski definition) is 4. The molecule has 0 unspecified atom stereocenters. The Labute approximate surface area is 122 Å². The van der Waals surface area contributed by atoms with Gasteiger partial charge in [0.25, 0.3) is 0 Å². The molecule has 0 aliphatic rings. The summed E-state index contributed by atoms with van der Waals surface area (Å²) in [7, 11) is 0. The Morgan fingerprint density at radius 2 is 2.10 bits per heavy atom. The van der Waals surface area contributed by atoms with Crippen LogP contribution < -0.4 is 16.4 Å². The van der Waals surface area contributed by atoms with Gasteiger partial charge in [-0.2, -0.15) is 0 Å². The van der Waals surface area contributed by atoms with Gasteiger partial charge in [0.2, 0.25) is 17.7 Å². The lowest BCUT2D eigenvalue weighted by atomic mass is 10.0. The minimum atomic E-state index is -0.756. The summed E-state index contributed by atoms with van der Waals surface area (Å²) < 4.78 is 5.02. The lowest BCUT2D eigenvalue weighted by Gasteiger charge is -2.18. The van der Waals surface area contributed by atoms with E-state index < -0.39 is 23.8 Å². The highest BCUT2D eigenvalue weighted by Gasteiger charge is 2.21. The molecule has 0 spiro atoms. The molecular formula is C14H19N3O4.